The van der Waals surface area contributed by atoms with E-state index in [1.807, 2.05) is 11.4 Å². The van der Waals surface area contributed by atoms with Crippen LogP contribution in [0.15, 0.2) is 34.1 Å². The number of rotatable bonds is 4. The van der Waals surface area contributed by atoms with E-state index < -0.39 is 4.92 Å². The predicted molar refractivity (Wildman–Crippen MR) is 81.0 cm³/mol. The largest absolute Gasteiger partial charge is 0.347 e. The van der Waals surface area contributed by atoms with Crippen molar-refractivity contribution in [3.63, 3.8) is 0 Å². The van der Waals surface area contributed by atoms with Crippen LogP contribution in [0.1, 0.15) is 20.8 Å². The first-order chi connectivity index (χ1) is 9.50. The monoisotopic (exact) mass is 354 g/mol. The molecule has 7 heteroatoms. The zero-order chi connectivity index (χ0) is 14.7. The third kappa shape index (κ3) is 3.05. The Morgan fingerprint density at radius 1 is 1.45 bits per heavy atom. The first-order valence-corrected chi connectivity index (χ1v) is 7.42. The van der Waals surface area contributed by atoms with Gasteiger partial charge in [0.05, 0.1) is 11.5 Å². The molecule has 0 fully saturated rings. The zero-order valence-corrected chi connectivity index (χ0v) is 13.0. The molecule has 0 unspecified atom stereocenters. The molecule has 2 aromatic rings. The number of hydrogen-bond acceptors (Lipinski definition) is 4. The second kappa shape index (κ2) is 6.15. The third-order valence-corrected chi connectivity index (χ3v) is 4.77. The number of nitrogens with one attached hydrogen (secondary N) is 1. The first-order valence-electron chi connectivity index (χ1n) is 5.74. The maximum Gasteiger partial charge on any atom is 0.273 e. The number of amides is 1. The number of halogens is 1. The number of nitro groups is 1. The molecule has 0 saturated carbocycles. The van der Waals surface area contributed by atoms with Gasteiger partial charge in [-0.3, -0.25) is 14.9 Å². The molecule has 0 atom stereocenters. The molecule has 0 aliphatic rings. The molecule has 0 spiro atoms. The van der Waals surface area contributed by atoms with E-state index >= 15 is 0 Å². The molecule has 1 aromatic heterocycles. The van der Waals surface area contributed by atoms with Crippen molar-refractivity contribution in [2.24, 2.45) is 0 Å². The lowest BCUT2D eigenvalue weighted by Gasteiger charge is -2.07. The van der Waals surface area contributed by atoms with Crippen LogP contribution in [-0.4, -0.2) is 10.8 Å². The fourth-order valence-electron chi connectivity index (χ4n) is 1.77. The van der Waals surface area contributed by atoms with Gasteiger partial charge in [0, 0.05) is 26.5 Å². The molecular formula is C13H11BrN2O3S. The van der Waals surface area contributed by atoms with Crippen LogP contribution in [0.5, 0.6) is 0 Å². The van der Waals surface area contributed by atoms with Gasteiger partial charge in [-0.2, -0.15) is 0 Å². The molecule has 0 aliphatic carbocycles. The van der Waals surface area contributed by atoms with Crippen LogP contribution in [0.2, 0.25) is 0 Å². The minimum Gasteiger partial charge on any atom is -0.347 e. The second-order valence-corrected chi connectivity index (χ2v) is 5.94. The lowest BCUT2D eigenvalue weighted by molar-refractivity contribution is -0.385. The minimum absolute atomic E-state index is 0.0463. The van der Waals surface area contributed by atoms with Crippen molar-refractivity contribution in [3.8, 4) is 0 Å². The van der Waals surface area contributed by atoms with Crippen LogP contribution in [0.3, 0.4) is 0 Å². The smallest absolute Gasteiger partial charge is 0.273 e. The Morgan fingerprint density at radius 2 is 2.20 bits per heavy atom. The highest BCUT2D eigenvalue weighted by Gasteiger charge is 2.17. The molecule has 0 aliphatic heterocycles. The van der Waals surface area contributed by atoms with E-state index in [2.05, 4.69) is 21.2 Å². The maximum atomic E-state index is 12.1. The Bertz CT molecular complexity index is 669. The molecular weight excluding hydrogens is 344 g/mol. The maximum absolute atomic E-state index is 12.1. The number of carbonyl (C=O) groups is 1. The van der Waals surface area contributed by atoms with Crippen LogP contribution in [0.25, 0.3) is 0 Å². The van der Waals surface area contributed by atoms with Crippen molar-refractivity contribution in [3.05, 3.63) is 60.2 Å². The Balaban J connectivity index is 2.16. The fraction of sp³-hybridized carbons (Fsp3) is 0.154. The highest BCUT2D eigenvalue weighted by atomic mass is 79.9. The van der Waals surface area contributed by atoms with Gasteiger partial charge in [0.2, 0.25) is 0 Å². The summed E-state index contributed by atoms with van der Waals surface area (Å²) in [5.41, 5.74) is 0.655. The summed E-state index contributed by atoms with van der Waals surface area (Å²) in [6.07, 6.45) is 0. The van der Waals surface area contributed by atoms with Crippen molar-refractivity contribution in [1.82, 2.24) is 5.32 Å². The van der Waals surface area contributed by atoms with Crippen molar-refractivity contribution >= 4 is 38.9 Å². The zero-order valence-electron chi connectivity index (χ0n) is 10.6. The van der Waals surface area contributed by atoms with Crippen LogP contribution < -0.4 is 5.32 Å². The summed E-state index contributed by atoms with van der Waals surface area (Å²) >= 11 is 4.92. The minimum atomic E-state index is -0.484. The molecule has 104 valence electrons. The number of thiophene rings is 1. The standard InChI is InChI=1S/C13H11BrN2O3S/c1-8-9(3-2-4-11(8)16(18)19)13(17)15-7-12-10(14)5-6-20-12/h2-6H,7H2,1H3,(H,15,17). The quantitative estimate of drug-likeness (QED) is 0.672. The summed E-state index contributed by atoms with van der Waals surface area (Å²) in [6.45, 7) is 1.97. The molecule has 1 N–H and O–H groups in total. The van der Waals surface area contributed by atoms with E-state index in [-0.39, 0.29) is 11.6 Å². The summed E-state index contributed by atoms with van der Waals surface area (Å²) in [4.78, 5) is 23.5. The molecule has 0 bridgehead atoms. The van der Waals surface area contributed by atoms with Gasteiger partial charge in [0.15, 0.2) is 0 Å². The molecule has 0 radical (unpaired) electrons. The average Bonchev–Trinajstić information content (AvgIpc) is 2.81. The van der Waals surface area contributed by atoms with Gasteiger partial charge in [-0.1, -0.05) is 6.07 Å². The van der Waals surface area contributed by atoms with E-state index in [4.69, 9.17) is 0 Å². The summed E-state index contributed by atoms with van der Waals surface area (Å²) in [5, 5.41) is 15.5. The highest BCUT2D eigenvalue weighted by molar-refractivity contribution is 9.10. The normalized spacial score (nSPS) is 10.3. The topological polar surface area (TPSA) is 72.2 Å². The molecule has 5 nitrogen and oxygen atoms in total. The van der Waals surface area contributed by atoms with E-state index in [0.29, 0.717) is 17.7 Å². The number of benzene rings is 1. The van der Waals surface area contributed by atoms with E-state index in [1.165, 1.54) is 23.5 Å². The lowest BCUT2D eigenvalue weighted by atomic mass is 10.1. The highest BCUT2D eigenvalue weighted by Crippen LogP contribution is 2.23. The average molecular weight is 355 g/mol. The van der Waals surface area contributed by atoms with Gasteiger partial charge in [0.25, 0.3) is 11.6 Å². The van der Waals surface area contributed by atoms with Crippen molar-refractivity contribution in [1.29, 1.82) is 0 Å². The second-order valence-electron chi connectivity index (χ2n) is 4.08. The fourth-order valence-corrected chi connectivity index (χ4v) is 3.21. The Hall–Kier alpha value is -1.73. The summed E-state index contributed by atoms with van der Waals surface area (Å²) in [7, 11) is 0. The molecule has 0 saturated heterocycles. The molecule has 1 aromatic carbocycles. The molecule has 2 rings (SSSR count). The van der Waals surface area contributed by atoms with Gasteiger partial charge in [-0.15, -0.1) is 11.3 Å². The van der Waals surface area contributed by atoms with Crippen molar-refractivity contribution in [2.45, 2.75) is 13.5 Å². The molecule has 1 amide bonds. The van der Waals surface area contributed by atoms with Crippen LogP contribution in [0.4, 0.5) is 5.69 Å². The lowest BCUT2D eigenvalue weighted by Crippen LogP contribution is -2.23. The molecule has 20 heavy (non-hydrogen) atoms. The number of nitro benzene ring substituents is 1. The number of carbonyl (C=O) groups excluding carboxylic acids is 1. The van der Waals surface area contributed by atoms with Crippen LogP contribution >= 0.6 is 27.3 Å². The summed E-state index contributed by atoms with van der Waals surface area (Å²) in [6, 6.07) is 6.40. The van der Waals surface area contributed by atoms with E-state index in [0.717, 1.165) is 9.35 Å². The SMILES string of the molecule is Cc1c(C(=O)NCc2sccc2Br)cccc1[N+](=O)[O-]. The van der Waals surface area contributed by atoms with E-state index in [9.17, 15) is 14.9 Å². The first kappa shape index (κ1) is 14.7. The third-order valence-electron chi connectivity index (χ3n) is 2.85. The van der Waals surface area contributed by atoms with Crippen molar-refractivity contribution in [2.75, 3.05) is 0 Å². The van der Waals surface area contributed by atoms with Crippen molar-refractivity contribution < 1.29 is 9.72 Å². The Morgan fingerprint density at radius 3 is 2.80 bits per heavy atom. The van der Waals surface area contributed by atoms with Crippen LogP contribution in [-0.2, 0) is 6.54 Å². The molecule has 1 heterocycles. The van der Waals surface area contributed by atoms with Gasteiger partial charge < -0.3 is 5.32 Å². The Labute approximate surface area is 127 Å². The summed E-state index contributed by atoms with van der Waals surface area (Å²) in [5.74, 6) is -0.313. The van der Waals surface area contributed by atoms with Gasteiger partial charge in [0.1, 0.15) is 0 Å². The van der Waals surface area contributed by atoms with Gasteiger partial charge in [-0.25, -0.2) is 0 Å². The summed E-state index contributed by atoms with van der Waals surface area (Å²) < 4.78 is 0.943. The van der Waals surface area contributed by atoms with Gasteiger partial charge >= 0.3 is 0 Å². The Kier molecular flexibility index (Phi) is 4.51. The van der Waals surface area contributed by atoms with Crippen LogP contribution in [0, 0.1) is 17.0 Å². The number of nitrogens with zero attached hydrogens (tertiary/aromatic N) is 1. The van der Waals surface area contributed by atoms with Gasteiger partial charge in [-0.05, 0) is 40.4 Å². The van der Waals surface area contributed by atoms with E-state index in [1.54, 1.807) is 13.0 Å². The number of hydrogen-bond donors (Lipinski definition) is 1. The predicted octanol–water partition coefficient (Wildman–Crippen LogP) is 3.66.